The lowest BCUT2D eigenvalue weighted by Crippen LogP contribution is -2.47. The number of rotatable bonds is 12. The van der Waals surface area contributed by atoms with Gasteiger partial charge in [0.2, 0.25) is 5.91 Å². The summed E-state index contributed by atoms with van der Waals surface area (Å²) in [4.78, 5) is 35.1. The molecule has 1 fully saturated rings. The Bertz CT molecular complexity index is 485. The van der Waals surface area contributed by atoms with Crippen molar-refractivity contribution in [3.8, 4) is 0 Å². The average Bonchev–Trinajstić information content (AvgIpc) is 2.57. The summed E-state index contributed by atoms with van der Waals surface area (Å²) < 4.78 is 0. The van der Waals surface area contributed by atoms with E-state index in [0.29, 0.717) is 22.0 Å². The van der Waals surface area contributed by atoms with Crippen LogP contribution in [0.2, 0.25) is 0 Å². The molecule has 6 radical (unpaired) electrons. The first-order valence-corrected chi connectivity index (χ1v) is 10.4. The third kappa shape index (κ3) is 7.47. The molecular formula is C14H22B4N2O3S2. The van der Waals surface area contributed by atoms with Gasteiger partial charge in [-0.3, -0.25) is 4.79 Å². The van der Waals surface area contributed by atoms with Gasteiger partial charge in [-0.15, -0.1) is 0 Å². The second kappa shape index (κ2) is 11.4. The maximum Gasteiger partial charge on any atom is 0.223 e. The van der Waals surface area contributed by atoms with E-state index in [1.165, 1.54) is 0 Å². The molecule has 1 aliphatic carbocycles. The number of nitrogens with one attached hydrogen (secondary N) is 1. The molecule has 4 atom stereocenters. The fourth-order valence-electron chi connectivity index (χ4n) is 2.12. The highest BCUT2D eigenvalue weighted by Crippen LogP contribution is 2.40. The Morgan fingerprint density at radius 1 is 1.08 bits per heavy atom. The summed E-state index contributed by atoms with van der Waals surface area (Å²) in [6.07, 6.45) is 2.09. The standard InChI is InChI=1S/C14H22B4N2O3S2/c1-7(2)14(23)20-9(13(22)18-16)6-25-11-4-3-10(11)24-5-8(19)12(21)17-15/h7-11H,3-6,19H2,1-2H3,(H,20,23). The molecule has 1 amide bonds. The third-order valence-electron chi connectivity index (χ3n) is 4.00. The first kappa shape index (κ1) is 22.8. The molecule has 3 N–H and O–H groups in total. The molecule has 0 heterocycles. The smallest absolute Gasteiger partial charge is 0.223 e. The van der Waals surface area contributed by atoms with Crippen LogP contribution < -0.4 is 11.1 Å². The number of carbonyl (C=O) groups excluding carboxylic acids is 3. The van der Waals surface area contributed by atoms with E-state index in [1.54, 1.807) is 37.4 Å². The van der Waals surface area contributed by atoms with E-state index in [1.807, 2.05) is 0 Å². The highest BCUT2D eigenvalue weighted by Gasteiger charge is 2.33. The quantitative estimate of drug-likeness (QED) is 0.430. The van der Waals surface area contributed by atoms with Crippen LogP contribution >= 0.6 is 23.5 Å². The average molecular weight is 374 g/mol. The van der Waals surface area contributed by atoms with E-state index in [-0.39, 0.29) is 23.2 Å². The predicted molar refractivity (Wildman–Crippen MR) is 110 cm³/mol. The molecule has 0 bridgehead atoms. The number of nitrogens with two attached hydrogens (primary N) is 1. The van der Waals surface area contributed by atoms with Crippen LogP contribution in [-0.4, -0.2) is 81.2 Å². The Morgan fingerprint density at radius 2 is 1.60 bits per heavy atom. The van der Waals surface area contributed by atoms with Crippen molar-refractivity contribution in [1.82, 2.24) is 5.32 Å². The molecule has 4 unspecified atom stereocenters. The van der Waals surface area contributed by atoms with E-state index in [9.17, 15) is 14.4 Å². The van der Waals surface area contributed by atoms with Gasteiger partial charge >= 0.3 is 0 Å². The van der Waals surface area contributed by atoms with Crippen molar-refractivity contribution in [2.24, 2.45) is 11.7 Å². The van der Waals surface area contributed by atoms with Gasteiger partial charge in [-0.1, -0.05) is 13.8 Å². The molecule has 1 aliphatic rings. The largest absolute Gasteiger partial charge is 0.346 e. The number of carbonyl (C=O) groups is 3. The summed E-state index contributed by atoms with van der Waals surface area (Å²) in [6.45, 7) is 3.55. The zero-order valence-corrected chi connectivity index (χ0v) is 16.3. The van der Waals surface area contributed by atoms with Gasteiger partial charge in [0.1, 0.15) is 14.3 Å². The van der Waals surface area contributed by atoms with Crippen LogP contribution in [0.5, 0.6) is 0 Å². The van der Waals surface area contributed by atoms with Crippen molar-refractivity contribution in [2.75, 3.05) is 11.5 Å². The van der Waals surface area contributed by atoms with Gasteiger partial charge in [0.05, 0.1) is 23.4 Å². The van der Waals surface area contributed by atoms with E-state index in [2.05, 4.69) is 5.32 Å². The minimum atomic E-state index is -0.605. The zero-order valence-electron chi connectivity index (χ0n) is 14.6. The summed E-state index contributed by atoms with van der Waals surface area (Å²) in [6, 6.07) is -1.18. The van der Waals surface area contributed by atoms with Crippen LogP contribution in [0.15, 0.2) is 0 Å². The minimum Gasteiger partial charge on any atom is -0.346 e. The molecule has 5 nitrogen and oxygen atoms in total. The number of hydrogen-bond donors (Lipinski definition) is 2. The molecule has 0 aromatic rings. The normalized spacial score (nSPS) is 21.8. The minimum absolute atomic E-state index is 0.164. The number of thioether (sulfide) groups is 2. The van der Waals surface area contributed by atoms with E-state index in [0.717, 1.165) is 27.2 Å². The van der Waals surface area contributed by atoms with Crippen molar-refractivity contribution in [3.63, 3.8) is 0 Å². The second-order valence-corrected chi connectivity index (χ2v) is 8.83. The van der Waals surface area contributed by atoms with E-state index in [4.69, 9.17) is 21.2 Å². The zero-order chi connectivity index (χ0) is 19.0. The van der Waals surface area contributed by atoms with E-state index >= 15 is 0 Å². The highest BCUT2D eigenvalue weighted by atomic mass is 32.2. The molecule has 11 heteroatoms. The van der Waals surface area contributed by atoms with Gasteiger partial charge < -0.3 is 20.6 Å². The van der Waals surface area contributed by atoms with Gasteiger partial charge in [0.15, 0.2) is 0 Å². The van der Waals surface area contributed by atoms with Gasteiger partial charge in [-0.25, -0.2) is 0 Å². The molecule has 130 valence electrons. The Balaban J connectivity index is 2.44. The molecule has 0 aliphatic heterocycles. The van der Waals surface area contributed by atoms with Crippen LogP contribution in [0.25, 0.3) is 0 Å². The molecule has 0 aromatic carbocycles. The van der Waals surface area contributed by atoms with Crippen molar-refractivity contribution in [1.29, 1.82) is 0 Å². The fourth-order valence-corrected chi connectivity index (χ4v) is 5.21. The fraction of sp³-hybridized carbons (Fsp3) is 0.786. The summed E-state index contributed by atoms with van der Waals surface area (Å²) in [5, 5.41) is 3.51. The monoisotopic (exact) mass is 374 g/mol. The molecule has 0 aromatic heterocycles. The van der Waals surface area contributed by atoms with Crippen LogP contribution in [-0.2, 0) is 14.4 Å². The molecule has 1 saturated carbocycles. The lowest BCUT2D eigenvalue weighted by molar-refractivity contribution is -0.127. The molecule has 1 rings (SSSR count). The summed E-state index contributed by atoms with van der Waals surface area (Å²) in [5.74, 6) is 0.650. The predicted octanol–water partition coefficient (Wildman–Crippen LogP) is -0.919. The Labute approximate surface area is 162 Å². The van der Waals surface area contributed by atoms with Crippen LogP contribution in [0.4, 0.5) is 0 Å². The van der Waals surface area contributed by atoms with Gasteiger partial charge in [0, 0.05) is 43.4 Å². The van der Waals surface area contributed by atoms with Gasteiger partial charge in [-0.05, 0) is 12.8 Å². The van der Waals surface area contributed by atoms with Crippen LogP contribution in [0.1, 0.15) is 26.7 Å². The molecular weight excluding hydrogens is 352 g/mol. The summed E-state index contributed by atoms with van der Waals surface area (Å²) in [7, 11) is 12.5. The van der Waals surface area contributed by atoms with Crippen molar-refractivity contribution >= 4 is 70.6 Å². The van der Waals surface area contributed by atoms with Gasteiger partial charge in [-0.2, -0.15) is 23.5 Å². The van der Waals surface area contributed by atoms with Crippen molar-refractivity contribution < 1.29 is 14.4 Å². The van der Waals surface area contributed by atoms with Crippen molar-refractivity contribution in [2.45, 2.75) is 49.3 Å². The van der Waals surface area contributed by atoms with Crippen LogP contribution in [0.3, 0.4) is 0 Å². The highest BCUT2D eigenvalue weighted by molar-refractivity contribution is 8.04. The topological polar surface area (TPSA) is 89.3 Å². The Hall–Kier alpha value is -0.270. The van der Waals surface area contributed by atoms with Crippen LogP contribution in [0, 0.1) is 5.92 Å². The van der Waals surface area contributed by atoms with E-state index < -0.39 is 12.1 Å². The Morgan fingerprint density at radius 3 is 2.04 bits per heavy atom. The lowest BCUT2D eigenvalue weighted by atomic mass is 9.51. The maximum atomic E-state index is 11.9. The van der Waals surface area contributed by atoms with Gasteiger partial charge in [0.25, 0.3) is 0 Å². The Kier molecular flexibility index (Phi) is 10.4. The SMILES string of the molecule is [B][B]C(=O)C(N)CSC1CCC1SCC(NC(=O)C(C)C)C(=O)[B][B]. The molecule has 0 saturated heterocycles. The number of amides is 1. The molecule has 25 heavy (non-hydrogen) atoms. The summed E-state index contributed by atoms with van der Waals surface area (Å²) in [5.41, 5.74) is 5.23. The lowest BCUT2D eigenvalue weighted by Gasteiger charge is -2.37. The molecule has 0 spiro atoms. The second-order valence-electron chi connectivity index (χ2n) is 6.28. The van der Waals surface area contributed by atoms with Crippen molar-refractivity contribution in [3.05, 3.63) is 0 Å². The third-order valence-corrected chi connectivity index (χ3v) is 7.23. The first-order chi connectivity index (χ1) is 11.8. The number of hydrogen-bond acceptors (Lipinski definition) is 6. The maximum absolute atomic E-state index is 11.9. The summed E-state index contributed by atoms with van der Waals surface area (Å²) >= 11 is 3.31. The first-order valence-electron chi connectivity index (χ1n) is 8.26.